The fourth-order valence-electron chi connectivity index (χ4n) is 1.46. The summed E-state index contributed by atoms with van der Waals surface area (Å²) in [6.45, 7) is 3.35. The third-order valence-corrected chi connectivity index (χ3v) is 2.13. The number of anilines is 1. The number of hydrogen-bond acceptors (Lipinski definition) is 6. The number of nitrogens with one attached hydrogen (secondary N) is 2. The second kappa shape index (κ2) is 7.19. The van der Waals surface area contributed by atoms with Gasteiger partial charge >= 0.3 is 6.01 Å². The van der Waals surface area contributed by atoms with Crippen LogP contribution in [0.1, 0.15) is 25.7 Å². The SMILES string of the molecule is CCCC(COC)Nc1nnc(CNC)o1. The number of ether oxygens (including phenoxy) is 1. The minimum absolute atomic E-state index is 0.220. The largest absolute Gasteiger partial charge is 0.407 e. The van der Waals surface area contributed by atoms with Gasteiger partial charge in [-0.1, -0.05) is 18.4 Å². The highest BCUT2D eigenvalue weighted by Gasteiger charge is 2.11. The van der Waals surface area contributed by atoms with E-state index < -0.39 is 0 Å². The molecular weight excluding hydrogens is 208 g/mol. The van der Waals surface area contributed by atoms with Gasteiger partial charge in [0, 0.05) is 7.11 Å². The maximum Gasteiger partial charge on any atom is 0.315 e. The van der Waals surface area contributed by atoms with Crippen LogP contribution in [-0.2, 0) is 11.3 Å². The Morgan fingerprint density at radius 3 is 2.88 bits per heavy atom. The summed E-state index contributed by atoms with van der Waals surface area (Å²) in [5.74, 6) is 0.581. The van der Waals surface area contributed by atoms with Crippen molar-refractivity contribution in [2.45, 2.75) is 32.4 Å². The lowest BCUT2D eigenvalue weighted by atomic mass is 10.2. The first-order valence-electron chi connectivity index (χ1n) is 5.52. The van der Waals surface area contributed by atoms with E-state index in [2.05, 4.69) is 27.8 Å². The zero-order valence-corrected chi connectivity index (χ0v) is 10.1. The first-order valence-corrected chi connectivity index (χ1v) is 5.52. The van der Waals surface area contributed by atoms with Gasteiger partial charge in [0.1, 0.15) is 0 Å². The molecule has 0 aliphatic carbocycles. The van der Waals surface area contributed by atoms with E-state index in [1.54, 1.807) is 7.11 Å². The minimum Gasteiger partial charge on any atom is -0.407 e. The molecule has 1 unspecified atom stereocenters. The summed E-state index contributed by atoms with van der Waals surface area (Å²) in [5, 5.41) is 13.9. The monoisotopic (exact) mass is 228 g/mol. The Bertz CT molecular complexity index is 284. The molecule has 0 bridgehead atoms. The topological polar surface area (TPSA) is 72.2 Å². The molecule has 2 N–H and O–H groups in total. The average molecular weight is 228 g/mol. The molecule has 1 aromatic rings. The Balaban J connectivity index is 2.48. The zero-order valence-electron chi connectivity index (χ0n) is 10.1. The number of methoxy groups -OCH3 is 1. The zero-order chi connectivity index (χ0) is 11.8. The Labute approximate surface area is 95.8 Å². The normalized spacial score (nSPS) is 12.7. The molecule has 6 nitrogen and oxygen atoms in total. The quantitative estimate of drug-likeness (QED) is 0.692. The number of hydrogen-bond donors (Lipinski definition) is 2. The molecule has 0 amide bonds. The van der Waals surface area contributed by atoms with Crippen molar-refractivity contribution in [1.29, 1.82) is 0 Å². The van der Waals surface area contributed by atoms with Gasteiger partial charge in [-0.05, 0) is 13.5 Å². The molecule has 16 heavy (non-hydrogen) atoms. The summed E-state index contributed by atoms with van der Waals surface area (Å²) in [6, 6.07) is 0.679. The Hall–Kier alpha value is -1.14. The first-order chi connectivity index (χ1) is 7.80. The van der Waals surface area contributed by atoms with Crippen molar-refractivity contribution < 1.29 is 9.15 Å². The lowest BCUT2D eigenvalue weighted by molar-refractivity contribution is 0.181. The van der Waals surface area contributed by atoms with Gasteiger partial charge in [0.2, 0.25) is 5.89 Å². The number of rotatable bonds is 8. The molecule has 0 aliphatic rings. The van der Waals surface area contributed by atoms with Crippen molar-refractivity contribution >= 4 is 6.01 Å². The molecule has 0 fully saturated rings. The third-order valence-electron chi connectivity index (χ3n) is 2.13. The van der Waals surface area contributed by atoms with Crippen molar-refractivity contribution in [2.24, 2.45) is 0 Å². The van der Waals surface area contributed by atoms with Gasteiger partial charge in [-0.2, -0.15) is 0 Å². The van der Waals surface area contributed by atoms with Crippen molar-refractivity contribution in [2.75, 3.05) is 26.1 Å². The van der Waals surface area contributed by atoms with Crippen molar-refractivity contribution in [1.82, 2.24) is 15.5 Å². The lowest BCUT2D eigenvalue weighted by Gasteiger charge is -2.14. The Kier molecular flexibility index (Phi) is 5.81. The van der Waals surface area contributed by atoms with Crippen LogP contribution in [-0.4, -0.2) is 37.0 Å². The van der Waals surface area contributed by atoms with Gasteiger partial charge in [-0.15, -0.1) is 5.10 Å². The molecule has 1 atom stereocenters. The third kappa shape index (κ3) is 4.16. The fourth-order valence-corrected chi connectivity index (χ4v) is 1.46. The molecule has 0 saturated carbocycles. The van der Waals surface area contributed by atoms with E-state index in [-0.39, 0.29) is 6.04 Å². The summed E-state index contributed by atoms with van der Waals surface area (Å²) in [7, 11) is 3.52. The maximum absolute atomic E-state index is 5.40. The number of nitrogens with zero attached hydrogens (tertiary/aromatic N) is 2. The van der Waals surface area contributed by atoms with Gasteiger partial charge in [-0.3, -0.25) is 0 Å². The average Bonchev–Trinajstić information content (AvgIpc) is 2.67. The summed E-state index contributed by atoms with van der Waals surface area (Å²) >= 11 is 0. The summed E-state index contributed by atoms with van der Waals surface area (Å²) in [4.78, 5) is 0. The van der Waals surface area contributed by atoms with E-state index in [1.807, 2.05) is 7.05 Å². The van der Waals surface area contributed by atoms with E-state index >= 15 is 0 Å². The second-order valence-electron chi connectivity index (χ2n) is 3.62. The molecule has 1 rings (SSSR count). The summed E-state index contributed by atoms with van der Waals surface area (Å²) in [5.41, 5.74) is 0. The van der Waals surface area contributed by atoms with Crippen LogP contribution in [0.5, 0.6) is 0 Å². The van der Waals surface area contributed by atoms with E-state index in [0.717, 1.165) is 12.8 Å². The minimum atomic E-state index is 0.220. The van der Waals surface area contributed by atoms with Crippen molar-refractivity contribution in [3.8, 4) is 0 Å². The van der Waals surface area contributed by atoms with E-state index in [0.29, 0.717) is 25.1 Å². The predicted molar refractivity (Wildman–Crippen MR) is 61.3 cm³/mol. The molecular formula is C10H20N4O2. The molecule has 0 aliphatic heterocycles. The van der Waals surface area contributed by atoms with E-state index in [9.17, 15) is 0 Å². The molecule has 0 aromatic carbocycles. The van der Waals surface area contributed by atoms with Crippen molar-refractivity contribution in [3.63, 3.8) is 0 Å². The fraction of sp³-hybridized carbons (Fsp3) is 0.800. The van der Waals surface area contributed by atoms with Crippen molar-refractivity contribution in [3.05, 3.63) is 5.89 Å². The molecule has 0 saturated heterocycles. The highest BCUT2D eigenvalue weighted by atomic mass is 16.5. The maximum atomic E-state index is 5.40. The standard InChI is InChI=1S/C10H20N4O2/c1-4-5-8(7-15-3)12-10-14-13-9(16-10)6-11-2/h8,11H,4-7H2,1-3H3,(H,12,14). The molecule has 0 radical (unpaired) electrons. The summed E-state index contributed by atoms with van der Waals surface area (Å²) < 4.78 is 10.5. The molecule has 92 valence electrons. The van der Waals surface area contributed by atoms with Gasteiger partial charge < -0.3 is 19.8 Å². The van der Waals surface area contributed by atoms with Crippen LogP contribution in [0.2, 0.25) is 0 Å². The van der Waals surface area contributed by atoms with Crippen LogP contribution in [0.15, 0.2) is 4.42 Å². The van der Waals surface area contributed by atoms with E-state index in [1.165, 1.54) is 0 Å². The van der Waals surface area contributed by atoms with E-state index in [4.69, 9.17) is 9.15 Å². The highest BCUT2D eigenvalue weighted by molar-refractivity contribution is 5.19. The van der Waals surface area contributed by atoms with Crippen LogP contribution in [0.25, 0.3) is 0 Å². The van der Waals surface area contributed by atoms with Crippen LogP contribution >= 0.6 is 0 Å². The van der Waals surface area contributed by atoms with Crippen LogP contribution < -0.4 is 10.6 Å². The molecule has 1 aromatic heterocycles. The van der Waals surface area contributed by atoms with Crippen LogP contribution in [0.3, 0.4) is 0 Å². The Morgan fingerprint density at radius 2 is 2.25 bits per heavy atom. The second-order valence-corrected chi connectivity index (χ2v) is 3.62. The lowest BCUT2D eigenvalue weighted by Crippen LogP contribution is -2.24. The number of aromatic nitrogens is 2. The van der Waals surface area contributed by atoms with Crippen LogP contribution in [0.4, 0.5) is 6.01 Å². The van der Waals surface area contributed by atoms with Gasteiger partial charge in [0.15, 0.2) is 0 Å². The molecule has 0 spiro atoms. The molecule has 1 heterocycles. The smallest absolute Gasteiger partial charge is 0.315 e. The predicted octanol–water partition coefficient (Wildman–Crippen LogP) is 1.02. The Morgan fingerprint density at radius 1 is 1.44 bits per heavy atom. The van der Waals surface area contributed by atoms with Crippen LogP contribution in [0, 0.1) is 0 Å². The van der Waals surface area contributed by atoms with Gasteiger partial charge in [0.05, 0.1) is 19.2 Å². The van der Waals surface area contributed by atoms with Gasteiger partial charge in [0.25, 0.3) is 0 Å². The molecule has 6 heteroatoms. The highest BCUT2D eigenvalue weighted by Crippen LogP contribution is 2.09. The first kappa shape index (κ1) is 12.9. The van der Waals surface area contributed by atoms with Gasteiger partial charge in [-0.25, -0.2) is 0 Å². The summed E-state index contributed by atoms with van der Waals surface area (Å²) in [6.07, 6.45) is 2.09.